The van der Waals surface area contributed by atoms with Gasteiger partial charge in [-0.25, -0.2) is 9.97 Å². The maximum Gasteiger partial charge on any atom is 0.343 e. The fourth-order valence-electron chi connectivity index (χ4n) is 2.33. The first-order valence-electron chi connectivity index (χ1n) is 7.12. The summed E-state index contributed by atoms with van der Waals surface area (Å²) >= 11 is 1.53. The van der Waals surface area contributed by atoms with Crippen molar-refractivity contribution in [2.45, 2.75) is 55.7 Å². The zero-order valence-electron chi connectivity index (χ0n) is 11.7. The highest BCUT2D eigenvalue weighted by molar-refractivity contribution is 8.00. The van der Waals surface area contributed by atoms with Crippen LogP contribution in [-0.2, 0) is 0 Å². The van der Waals surface area contributed by atoms with Crippen molar-refractivity contribution in [3.05, 3.63) is 16.4 Å². The SMILES string of the molecule is CCCNc1ncnc(SC2CCCCC2)c1[N+](=O)[O-]. The summed E-state index contributed by atoms with van der Waals surface area (Å²) in [5.41, 5.74) is 0.0246. The maximum atomic E-state index is 11.3. The topological polar surface area (TPSA) is 81.0 Å². The molecule has 0 aliphatic heterocycles. The first-order valence-corrected chi connectivity index (χ1v) is 8.00. The normalized spacial score (nSPS) is 16.1. The van der Waals surface area contributed by atoms with Gasteiger partial charge in [0.05, 0.1) is 4.92 Å². The lowest BCUT2D eigenvalue weighted by atomic mass is 10.0. The number of anilines is 1. The van der Waals surface area contributed by atoms with Gasteiger partial charge in [0.1, 0.15) is 6.33 Å². The summed E-state index contributed by atoms with van der Waals surface area (Å²) in [5.74, 6) is 0.338. The Morgan fingerprint density at radius 2 is 2.15 bits per heavy atom. The van der Waals surface area contributed by atoms with Crippen LogP contribution < -0.4 is 5.32 Å². The standard InChI is InChI=1S/C13H20N4O2S/c1-2-8-14-12-11(17(18)19)13(16-9-15-12)20-10-6-4-3-5-7-10/h9-10H,2-8H2,1H3,(H,14,15,16). The molecule has 1 aliphatic carbocycles. The number of hydrogen-bond acceptors (Lipinski definition) is 6. The van der Waals surface area contributed by atoms with Crippen LogP contribution >= 0.6 is 11.8 Å². The van der Waals surface area contributed by atoms with Crippen molar-refractivity contribution in [2.75, 3.05) is 11.9 Å². The Morgan fingerprint density at radius 3 is 2.80 bits per heavy atom. The monoisotopic (exact) mass is 296 g/mol. The number of nitro groups is 1. The molecule has 0 atom stereocenters. The van der Waals surface area contributed by atoms with E-state index < -0.39 is 0 Å². The molecule has 0 radical (unpaired) electrons. The fourth-order valence-corrected chi connectivity index (χ4v) is 3.60. The lowest BCUT2D eigenvalue weighted by molar-refractivity contribution is -0.387. The van der Waals surface area contributed by atoms with E-state index in [-0.39, 0.29) is 10.6 Å². The van der Waals surface area contributed by atoms with E-state index in [1.807, 2.05) is 6.92 Å². The Labute approximate surface area is 122 Å². The zero-order valence-corrected chi connectivity index (χ0v) is 12.5. The van der Waals surface area contributed by atoms with E-state index in [0.717, 1.165) is 19.3 Å². The number of aromatic nitrogens is 2. The third kappa shape index (κ3) is 3.82. The Morgan fingerprint density at radius 1 is 1.40 bits per heavy atom. The van der Waals surface area contributed by atoms with Crippen molar-refractivity contribution >= 4 is 23.3 Å². The molecule has 6 nitrogen and oxygen atoms in total. The predicted octanol–water partition coefficient (Wildman–Crippen LogP) is 3.63. The van der Waals surface area contributed by atoms with Crippen LogP contribution in [0.5, 0.6) is 0 Å². The summed E-state index contributed by atoms with van der Waals surface area (Å²) in [6, 6.07) is 0. The van der Waals surface area contributed by atoms with Crippen molar-refractivity contribution in [3.63, 3.8) is 0 Å². The van der Waals surface area contributed by atoms with E-state index in [0.29, 0.717) is 22.6 Å². The molecule has 110 valence electrons. The molecule has 0 amide bonds. The van der Waals surface area contributed by atoms with Crippen molar-refractivity contribution in [1.29, 1.82) is 0 Å². The van der Waals surface area contributed by atoms with E-state index in [1.54, 1.807) is 0 Å². The van der Waals surface area contributed by atoms with Crippen LogP contribution in [0.2, 0.25) is 0 Å². The molecule has 0 spiro atoms. The molecule has 0 saturated heterocycles. The summed E-state index contributed by atoms with van der Waals surface area (Å²) in [6.45, 7) is 2.68. The number of rotatable bonds is 6. The van der Waals surface area contributed by atoms with E-state index in [9.17, 15) is 10.1 Å². The summed E-state index contributed by atoms with van der Waals surface area (Å²) < 4.78 is 0. The van der Waals surface area contributed by atoms with Gasteiger partial charge >= 0.3 is 5.69 Å². The molecule has 1 aromatic heterocycles. The second kappa shape index (κ2) is 7.42. The molecular weight excluding hydrogens is 276 g/mol. The quantitative estimate of drug-likeness (QED) is 0.490. The molecule has 2 rings (SSSR count). The van der Waals surface area contributed by atoms with Crippen molar-refractivity contribution in [1.82, 2.24) is 9.97 Å². The Hall–Kier alpha value is -1.37. The predicted molar refractivity (Wildman–Crippen MR) is 80.2 cm³/mol. The van der Waals surface area contributed by atoms with Gasteiger partial charge in [-0.1, -0.05) is 37.9 Å². The van der Waals surface area contributed by atoms with Crippen LogP contribution in [-0.4, -0.2) is 26.7 Å². The first kappa shape index (κ1) is 15.0. The van der Waals surface area contributed by atoms with E-state index in [4.69, 9.17) is 0 Å². The minimum absolute atomic E-state index is 0.0246. The minimum atomic E-state index is -0.372. The number of hydrogen-bond donors (Lipinski definition) is 1. The van der Waals surface area contributed by atoms with Gasteiger partial charge in [0, 0.05) is 11.8 Å². The molecule has 1 aliphatic rings. The third-order valence-corrected chi connectivity index (χ3v) is 4.67. The van der Waals surface area contributed by atoms with Crippen molar-refractivity contribution in [2.24, 2.45) is 0 Å². The summed E-state index contributed by atoms with van der Waals surface area (Å²) in [4.78, 5) is 19.1. The maximum absolute atomic E-state index is 11.3. The van der Waals surface area contributed by atoms with Crippen LogP contribution in [0.4, 0.5) is 11.5 Å². The van der Waals surface area contributed by atoms with Crippen LogP contribution in [0.1, 0.15) is 45.4 Å². The smallest absolute Gasteiger partial charge is 0.343 e. The van der Waals surface area contributed by atoms with Gasteiger partial charge in [0.25, 0.3) is 0 Å². The second-order valence-electron chi connectivity index (χ2n) is 4.94. The molecule has 1 saturated carbocycles. The van der Waals surface area contributed by atoms with E-state index in [2.05, 4.69) is 15.3 Å². The molecule has 7 heteroatoms. The number of thioether (sulfide) groups is 1. The summed E-state index contributed by atoms with van der Waals surface area (Å²) in [6.07, 6.45) is 8.22. The van der Waals surface area contributed by atoms with Gasteiger partial charge in [0.2, 0.25) is 5.82 Å². The van der Waals surface area contributed by atoms with E-state index in [1.165, 1.54) is 37.4 Å². The molecule has 1 heterocycles. The molecule has 1 aromatic rings. The van der Waals surface area contributed by atoms with E-state index >= 15 is 0 Å². The minimum Gasteiger partial charge on any atom is -0.364 e. The van der Waals surface area contributed by atoms with Crippen molar-refractivity contribution in [3.8, 4) is 0 Å². The highest BCUT2D eigenvalue weighted by Crippen LogP contribution is 2.38. The lowest BCUT2D eigenvalue weighted by Gasteiger charge is -2.20. The second-order valence-corrected chi connectivity index (χ2v) is 6.23. The van der Waals surface area contributed by atoms with Crippen molar-refractivity contribution < 1.29 is 4.92 Å². The molecule has 0 bridgehead atoms. The van der Waals surface area contributed by atoms with Crippen LogP contribution in [0, 0.1) is 10.1 Å². The average Bonchev–Trinajstić information content (AvgIpc) is 2.46. The van der Waals surface area contributed by atoms with Gasteiger partial charge in [-0.05, 0) is 19.3 Å². The Bertz CT molecular complexity index is 464. The van der Waals surface area contributed by atoms with Crippen LogP contribution in [0.25, 0.3) is 0 Å². The van der Waals surface area contributed by atoms with Gasteiger partial charge in [0.15, 0.2) is 5.03 Å². The highest BCUT2D eigenvalue weighted by Gasteiger charge is 2.26. The third-order valence-electron chi connectivity index (χ3n) is 3.34. The van der Waals surface area contributed by atoms with Gasteiger partial charge in [-0.15, -0.1) is 0 Å². The molecule has 1 fully saturated rings. The van der Waals surface area contributed by atoms with Gasteiger partial charge < -0.3 is 5.32 Å². The zero-order chi connectivity index (χ0) is 14.4. The summed E-state index contributed by atoms with van der Waals surface area (Å²) in [7, 11) is 0. The van der Waals surface area contributed by atoms with Gasteiger partial charge in [-0.2, -0.15) is 0 Å². The number of nitrogens with zero attached hydrogens (tertiary/aromatic N) is 3. The van der Waals surface area contributed by atoms with Gasteiger partial charge in [-0.3, -0.25) is 10.1 Å². The van der Waals surface area contributed by atoms with Crippen LogP contribution in [0.15, 0.2) is 11.4 Å². The Kier molecular flexibility index (Phi) is 5.58. The fraction of sp³-hybridized carbons (Fsp3) is 0.692. The lowest BCUT2D eigenvalue weighted by Crippen LogP contribution is -2.11. The highest BCUT2D eigenvalue weighted by atomic mass is 32.2. The average molecular weight is 296 g/mol. The number of nitrogens with one attached hydrogen (secondary N) is 1. The molecule has 20 heavy (non-hydrogen) atoms. The first-order chi connectivity index (χ1) is 9.72. The molecule has 1 N–H and O–H groups in total. The summed E-state index contributed by atoms with van der Waals surface area (Å²) in [5, 5.41) is 15.3. The van der Waals surface area contributed by atoms with Crippen LogP contribution in [0.3, 0.4) is 0 Å². The Balaban J connectivity index is 2.19. The molecular formula is C13H20N4O2S. The molecule has 0 aromatic carbocycles. The molecule has 0 unspecified atom stereocenters. The largest absolute Gasteiger partial charge is 0.364 e.